The number of nitrogens with one attached hydrogen (secondary N) is 2. The van der Waals surface area contributed by atoms with Gasteiger partial charge in [-0.15, -0.1) is 5.10 Å². The van der Waals surface area contributed by atoms with E-state index in [9.17, 15) is 4.79 Å². The highest BCUT2D eigenvalue weighted by atomic mass is 35.5. The predicted molar refractivity (Wildman–Crippen MR) is 122 cm³/mol. The van der Waals surface area contributed by atoms with Crippen molar-refractivity contribution in [3.8, 4) is 0 Å². The average Bonchev–Trinajstić information content (AvgIpc) is 3.46. The van der Waals surface area contributed by atoms with Gasteiger partial charge in [0.1, 0.15) is 6.61 Å². The standard InChI is InChI=1S/C23H32ClN5O3/c1-23(15-25-9-10-29(23)21(30)16-5-3-4-6-16)12-18-11-19(24)8-7-17(18)13-26-22-28-27-20(32-22)14-31-2/h7-8,11,16,25H,3-6,9-10,12-15H2,1-2H3,(H,26,28)/t23-/m0/s1. The fraction of sp³-hybridized carbons (Fsp3) is 0.609. The van der Waals surface area contributed by atoms with E-state index in [0.717, 1.165) is 62.9 Å². The number of halogens is 1. The lowest BCUT2D eigenvalue weighted by Crippen LogP contribution is -2.63. The number of anilines is 1. The number of amides is 1. The zero-order valence-corrected chi connectivity index (χ0v) is 19.6. The van der Waals surface area contributed by atoms with Crippen molar-refractivity contribution in [2.45, 2.75) is 57.7 Å². The second-order valence-corrected chi connectivity index (χ2v) is 9.46. The quantitative estimate of drug-likeness (QED) is 0.622. The Hall–Kier alpha value is -2.16. The summed E-state index contributed by atoms with van der Waals surface area (Å²) in [6, 6.07) is 6.25. The van der Waals surface area contributed by atoms with Crippen LogP contribution in [-0.2, 0) is 29.1 Å². The molecule has 32 heavy (non-hydrogen) atoms. The number of nitrogens with zero attached hydrogens (tertiary/aromatic N) is 3. The molecule has 0 spiro atoms. The van der Waals surface area contributed by atoms with Crippen molar-refractivity contribution in [1.82, 2.24) is 20.4 Å². The van der Waals surface area contributed by atoms with E-state index in [2.05, 4.69) is 32.7 Å². The minimum atomic E-state index is -0.312. The third kappa shape index (κ3) is 5.24. The van der Waals surface area contributed by atoms with E-state index in [-0.39, 0.29) is 18.1 Å². The molecule has 2 N–H and O–H groups in total. The van der Waals surface area contributed by atoms with Crippen LogP contribution in [-0.4, -0.2) is 53.3 Å². The number of rotatable bonds is 8. The van der Waals surface area contributed by atoms with Gasteiger partial charge in [0.25, 0.3) is 0 Å². The Labute approximate surface area is 194 Å². The van der Waals surface area contributed by atoms with Crippen LogP contribution >= 0.6 is 11.6 Å². The van der Waals surface area contributed by atoms with Gasteiger partial charge in [0, 0.05) is 44.2 Å². The van der Waals surface area contributed by atoms with Crippen LogP contribution in [0.1, 0.15) is 49.6 Å². The summed E-state index contributed by atoms with van der Waals surface area (Å²) in [6.07, 6.45) is 5.06. The Morgan fingerprint density at radius 2 is 2.16 bits per heavy atom. The minimum Gasteiger partial charge on any atom is -0.406 e. The molecule has 174 valence electrons. The summed E-state index contributed by atoms with van der Waals surface area (Å²) in [4.78, 5) is 15.5. The fourth-order valence-corrected chi connectivity index (χ4v) is 5.06. The van der Waals surface area contributed by atoms with Gasteiger partial charge in [-0.05, 0) is 49.4 Å². The number of hydrogen-bond donors (Lipinski definition) is 2. The maximum Gasteiger partial charge on any atom is 0.315 e. The molecule has 1 saturated heterocycles. The van der Waals surface area contributed by atoms with Crippen LogP contribution in [0.15, 0.2) is 22.6 Å². The molecular weight excluding hydrogens is 430 g/mol. The van der Waals surface area contributed by atoms with Gasteiger partial charge in [-0.3, -0.25) is 4.79 Å². The maximum absolute atomic E-state index is 13.3. The zero-order valence-electron chi connectivity index (χ0n) is 18.8. The van der Waals surface area contributed by atoms with Gasteiger partial charge in [0.05, 0.1) is 5.54 Å². The molecule has 2 aromatic rings. The topological polar surface area (TPSA) is 92.5 Å². The molecule has 9 heteroatoms. The number of piperazine rings is 1. The average molecular weight is 462 g/mol. The summed E-state index contributed by atoms with van der Waals surface area (Å²) in [5, 5.41) is 15.3. The van der Waals surface area contributed by atoms with Crippen LogP contribution in [0.3, 0.4) is 0 Å². The lowest BCUT2D eigenvalue weighted by molar-refractivity contribution is -0.142. The minimum absolute atomic E-state index is 0.173. The Kier molecular flexibility index (Phi) is 7.33. The van der Waals surface area contributed by atoms with Gasteiger partial charge in [-0.1, -0.05) is 35.6 Å². The highest BCUT2D eigenvalue weighted by Crippen LogP contribution is 2.32. The Morgan fingerprint density at radius 3 is 2.94 bits per heavy atom. The molecule has 1 aliphatic carbocycles. The van der Waals surface area contributed by atoms with E-state index in [1.54, 1.807) is 7.11 Å². The molecule has 0 bridgehead atoms. The lowest BCUT2D eigenvalue weighted by Gasteiger charge is -2.46. The molecule has 2 fully saturated rings. The largest absolute Gasteiger partial charge is 0.406 e. The fourth-order valence-electron chi connectivity index (χ4n) is 4.86. The van der Waals surface area contributed by atoms with Gasteiger partial charge in [0.15, 0.2) is 0 Å². The summed E-state index contributed by atoms with van der Waals surface area (Å²) in [5.74, 6) is 0.907. The first-order valence-corrected chi connectivity index (χ1v) is 11.7. The zero-order chi connectivity index (χ0) is 22.6. The molecule has 1 aliphatic heterocycles. The third-order valence-electron chi connectivity index (χ3n) is 6.54. The summed E-state index contributed by atoms with van der Waals surface area (Å²) in [5.41, 5.74) is 1.88. The first kappa shape index (κ1) is 23.0. The molecule has 2 heterocycles. The second-order valence-electron chi connectivity index (χ2n) is 9.02. The first-order valence-electron chi connectivity index (χ1n) is 11.3. The number of ether oxygens (including phenoxy) is 1. The van der Waals surface area contributed by atoms with Crippen LogP contribution in [0.5, 0.6) is 0 Å². The van der Waals surface area contributed by atoms with Crippen molar-refractivity contribution in [1.29, 1.82) is 0 Å². The van der Waals surface area contributed by atoms with E-state index in [1.165, 1.54) is 0 Å². The second kappa shape index (κ2) is 10.2. The highest BCUT2D eigenvalue weighted by Gasteiger charge is 2.40. The van der Waals surface area contributed by atoms with Crippen LogP contribution in [0.4, 0.5) is 6.01 Å². The van der Waals surface area contributed by atoms with E-state index in [4.69, 9.17) is 20.8 Å². The lowest BCUT2D eigenvalue weighted by atomic mass is 9.86. The summed E-state index contributed by atoms with van der Waals surface area (Å²) in [6.45, 7) is 5.30. The summed E-state index contributed by atoms with van der Waals surface area (Å²) >= 11 is 6.37. The van der Waals surface area contributed by atoms with Crippen LogP contribution in [0.2, 0.25) is 5.02 Å². The SMILES string of the molecule is COCc1nnc(NCc2ccc(Cl)cc2C[C@@]2(C)CNCCN2C(=O)C2CCCC2)o1. The number of carbonyl (C=O) groups excluding carboxylic acids is 1. The van der Waals surface area contributed by atoms with Gasteiger partial charge < -0.3 is 24.7 Å². The van der Waals surface area contributed by atoms with Crippen molar-refractivity contribution >= 4 is 23.5 Å². The Morgan fingerprint density at radius 1 is 1.34 bits per heavy atom. The van der Waals surface area contributed by atoms with Crippen molar-refractivity contribution in [3.05, 3.63) is 40.2 Å². The smallest absolute Gasteiger partial charge is 0.315 e. The number of aromatic nitrogens is 2. The van der Waals surface area contributed by atoms with Crippen molar-refractivity contribution in [3.63, 3.8) is 0 Å². The highest BCUT2D eigenvalue weighted by molar-refractivity contribution is 6.30. The van der Waals surface area contributed by atoms with E-state index < -0.39 is 0 Å². The summed E-state index contributed by atoms with van der Waals surface area (Å²) in [7, 11) is 1.58. The van der Waals surface area contributed by atoms with E-state index in [0.29, 0.717) is 29.4 Å². The number of carbonyl (C=O) groups is 1. The monoisotopic (exact) mass is 461 g/mol. The molecular formula is C23H32ClN5O3. The summed E-state index contributed by atoms with van der Waals surface area (Å²) < 4.78 is 10.6. The van der Waals surface area contributed by atoms with Crippen LogP contribution < -0.4 is 10.6 Å². The molecule has 1 aromatic carbocycles. The van der Waals surface area contributed by atoms with Crippen LogP contribution in [0, 0.1) is 5.92 Å². The Balaban J connectivity index is 1.51. The van der Waals surface area contributed by atoms with Gasteiger partial charge >= 0.3 is 6.01 Å². The molecule has 1 amide bonds. The molecule has 1 atom stereocenters. The van der Waals surface area contributed by atoms with Gasteiger partial charge in [0.2, 0.25) is 11.8 Å². The number of methoxy groups -OCH3 is 1. The molecule has 4 rings (SSSR count). The van der Waals surface area contributed by atoms with E-state index in [1.807, 2.05) is 18.2 Å². The van der Waals surface area contributed by atoms with E-state index >= 15 is 0 Å². The molecule has 1 saturated carbocycles. The molecule has 0 unspecified atom stereocenters. The normalized spacial score (nSPS) is 21.8. The molecule has 0 radical (unpaired) electrons. The number of benzene rings is 1. The van der Waals surface area contributed by atoms with Gasteiger partial charge in [-0.25, -0.2) is 0 Å². The number of hydrogen-bond acceptors (Lipinski definition) is 7. The molecule has 8 nitrogen and oxygen atoms in total. The van der Waals surface area contributed by atoms with Crippen molar-refractivity contribution in [2.75, 3.05) is 32.1 Å². The van der Waals surface area contributed by atoms with Crippen molar-refractivity contribution in [2.24, 2.45) is 5.92 Å². The first-order chi connectivity index (χ1) is 15.5. The molecule has 2 aliphatic rings. The van der Waals surface area contributed by atoms with Gasteiger partial charge in [-0.2, -0.15) is 0 Å². The Bertz CT molecular complexity index is 930. The molecule has 1 aromatic heterocycles. The predicted octanol–water partition coefficient (Wildman–Crippen LogP) is 3.40. The van der Waals surface area contributed by atoms with Crippen LogP contribution in [0.25, 0.3) is 0 Å². The van der Waals surface area contributed by atoms with Crippen molar-refractivity contribution < 1.29 is 13.9 Å². The maximum atomic E-state index is 13.3. The third-order valence-corrected chi connectivity index (χ3v) is 6.78.